The Labute approximate surface area is 141 Å². The number of hydrogen-bond acceptors (Lipinski definition) is 7. The Morgan fingerprint density at radius 2 is 1.47 bits per heavy atom. The third-order valence-corrected chi connectivity index (χ3v) is 11.3. The quantitative estimate of drug-likeness (QED) is 0.505. The van der Waals surface area contributed by atoms with Crippen molar-refractivity contribution < 1.29 is 0 Å². The van der Waals surface area contributed by atoms with Crippen molar-refractivity contribution in [3.63, 3.8) is 0 Å². The van der Waals surface area contributed by atoms with Gasteiger partial charge in [-0.05, 0) is 28.3 Å². The molecule has 0 unspecified atom stereocenters. The number of thioether (sulfide) groups is 6. The van der Waals surface area contributed by atoms with Crippen LogP contribution in [0.3, 0.4) is 0 Å². The first kappa shape index (κ1) is 13.4. The highest BCUT2D eigenvalue weighted by atomic mass is 32.3. The monoisotopic (exact) mass is 374 g/mol. The average Bonchev–Trinajstić information content (AvgIpc) is 3.12. The zero-order chi connectivity index (χ0) is 12.7. The first-order valence-electron chi connectivity index (χ1n) is 5.32. The van der Waals surface area contributed by atoms with Crippen molar-refractivity contribution in [1.82, 2.24) is 0 Å². The smallest absolute Gasteiger partial charge is 0.0717 e. The molecule has 0 nitrogen and oxygen atoms in total. The van der Waals surface area contributed by atoms with Crippen LogP contribution in [0.25, 0.3) is 6.08 Å². The molecule has 96 valence electrons. The number of thiophene rings is 1. The van der Waals surface area contributed by atoms with E-state index in [9.17, 15) is 0 Å². The number of rotatable bonds is 1. The fraction of sp³-hybridized carbons (Fsp3) is 0. The van der Waals surface area contributed by atoms with E-state index in [1.165, 1.54) is 26.1 Å². The van der Waals surface area contributed by atoms with Crippen LogP contribution in [-0.2, 0) is 0 Å². The largest absolute Gasteiger partial charge is 0.144 e. The molecule has 1 aromatic rings. The van der Waals surface area contributed by atoms with Gasteiger partial charge in [0.2, 0.25) is 0 Å². The highest BCUT2D eigenvalue weighted by molar-refractivity contribution is 8.49. The van der Waals surface area contributed by atoms with Gasteiger partial charge in [0.15, 0.2) is 0 Å². The second kappa shape index (κ2) is 5.87. The lowest BCUT2D eigenvalue weighted by Gasteiger charge is -2.04. The van der Waals surface area contributed by atoms with Gasteiger partial charge in [-0.3, -0.25) is 0 Å². The van der Waals surface area contributed by atoms with E-state index in [2.05, 4.69) is 34.4 Å². The van der Waals surface area contributed by atoms with Gasteiger partial charge < -0.3 is 0 Å². The van der Waals surface area contributed by atoms with Crippen molar-refractivity contribution in [1.29, 1.82) is 0 Å². The molecule has 0 spiro atoms. The second-order valence-electron chi connectivity index (χ2n) is 3.54. The van der Waals surface area contributed by atoms with E-state index in [0.29, 0.717) is 0 Å². The highest BCUT2D eigenvalue weighted by Crippen LogP contribution is 2.68. The lowest BCUT2D eigenvalue weighted by molar-refractivity contribution is 1.96. The topological polar surface area (TPSA) is 0 Å². The molecule has 0 aliphatic carbocycles. The van der Waals surface area contributed by atoms with Gasteiger partial charge in [0, 0.05) is 4.88 Å². The Morgan fingerprint density at radius 3 is 2.11 bits per heavy atom. The fourth-order valence-corrected chi connectivity index (χ4v) is 10.8. The molecule has 4 heterocycles. The molecule has 19 heavy (non-hydrogen) atoms. The molecule has 0 atom stereocenters. The Kier molecular flexibility index (Phi) is 4.14. The minimum atomic E-state index is 1.34. The maximum atomic E-state index is 2.30. The van der Waals surface area contributed by atoms with Gasteiger partial charge in [-0.2, -0.15) is 0 Å². The molecule has 3 aliphatic rings. The predicted molar refractivity (Wildman–Crippen MR) is 101 cm³/mol. The Balaban J connectivity index is 1.49. The van der Waals surface area contributed by atoms with Crippen LogP contribution in [0.1, 0.15) is 4.88 Å². The maximum Gasteiger partial charge on any atom is 0.0717 e. The Morgan fingerprint density at radius 1 is 0.789 bits per heavy atom. The van der Waals surface area contributed by atoms with E-state index in [1.54, 1.807) is 11.3 Å². The molecule has 7 heteroatoms. The molecule has 0 saturated heterocycles. The van der Waals surface area contributed by atoms with Crippen LogP contribution in [0.15, 0.2) is 49.5 Å². The van der Waals surface area contributed by atoms with E-state index in [1.807, 2.05) is 70.6 Å². The summed E-state index contributed by atoms with van der Waals surface area (Å²) in [5, 5.41) is 6.46. The summed E-state index contributed by atoms with van der Waals surface area (Å²) >= 11 is 13.2. The Bertz CT molecular complexity index is 601. The van der Waals surface area contributed by atoms with Gasteiger partial charge in [0.1, 0.15) is 0 Å². The predicted octanol–water partition coefficient (Wildman–Crippen LogP) is 7.21. The molecule has 0 aromatic carbocycles. The molecule has 0 amide bonds. The SMILES string of the molecule is C1=CSC(=C2SC3=C(SC(=Cc4cccs4)S3)S2)S1. The van der Waals surface area contributed by atoms with Crippen LogP contribution >= 0.6 is 81.9 Å². The second-order valence-corrected chi connectivity index (χ2v) is 11.8. The van der Waals surface area contributed by atoms with Crippen molar-refractivity contribution in [2.75, 3.05) is 0 Å². The van der Waals surface area contributed by atoms with E-state index >= 15 is 0 Å². The van der Waals surface area contributed by atoms with Crippen LogP contribution in [0.2, 0.25) is 0 Å². The van der Waals surface area contributed by atoms with Gasteiger partial charge in [0.25, 0.3) is 0 Å². The van der Waals surface area contributed by atoms with Crippen molar-refractivity contribution in [2.24, 2.45) is 0 Å². The normalized spacial score (nSPS) is 21.8. The van der Waals surface area contributed by atoms with E-state index in [4.69, 9.17) is 0 Å². The summed E-state index contributed by atoms with van der Waals surface area (Å²) in [6.07, 6.45) is 2.30. The van der Waals surface area contributed by atoms with E-state index < -0.39 is 0 Å². The summed E-state index contributed by atoms with van der Waals surface area (Å²) < 4.78 is 7.23. The van der Waals surface area contributed by atoms with Gasteiger partial charge >= 0.3 is 0 Å². The molecule has 0 radical (unpaired) electrons. The van der Waals surface area contributed by atoms with Crippen molar-refractivity contribution in [2.45, 2.75) is 0 Å². The molecule has 0 bridgehead atoms. The standard InChI is InChI=1S/C12H6S7/c1-2-7(13-3-1)6-8-16-11-12(17-8)19-10(18-11)9-14-4-5-15-9/h1-6H. The van der Waals surface area contributed by atoms with Gasteiger partial charge in [-0.25, -0.2) is 0 Å². The maximum absolute atomic E-state index is 2.30. The fourth-order valence-electron chi connectivity index (χ4n) is 1.54. The molecule has 0 saturated carbocycles. The third-order valence-electron chi connectivity index (χ3n) is 2.30. The summed E-state index contributed by atoms with van der Waals surface area (Å²) in [4.78, 5) is 1.34. The third kappa shape index (κ3) is 2.88. The highest BCUT2D eigenvalue weighted by Gasteiger charge is 2.32. The van der Waals surface area contributed by atoms with Crippen LogP contribution < -0.4 is 0 Å². The molecule has 0 N–H and O–H groups in total. The van der Waals surface area contributed by atoms with Crippen molar-refractivity contribution in [3.05, 3.63) is 54.4 Å². The van der Waals surface area contributed by atoms with Crippen molar-refractivity contribution in [3.8, 4) is 0 Å². The molecule has 4 rings (SSSR count). The summed E-state index contributed by atoms with van der Waals surface area (Å²) in [7, 11) is 0. The van der Waals surface area contributed by atoms with Crippen LogP contribution in [0, 0.1) is 0 Å². The summed E-state index contributed by atoms with van der Waals surface area (Å²) in [5.41, 5.74) is 0. The Hall–Kier alpha value is 0.760. The minimum Gasteiger partial charge on any atom is -0.144 e. The van der Waals surface area contributed by atoms with Gasteiger partial charge in [-0.1, -0.05) is 76.6 Å². The average molecular weight is 375 g/mol. The minimum absolute atomic E-state index is 1.34. The van der Waals surface area contributed by atoms with Crippen LogP contribution in [0.5, 0.6) is 0 Å². The molecule has 3 aliphatic heterocycles. The van der Waals surface area contributed by atoms with Gasteiger partial charge in [-0.15, -0.1) is 11.3 Å². The first-order valence-corrected chi connectivity index (χ1v) is 11.2. The summed E-state index contributed by atoms with van der Waals surface area (Å²) in [5.74, 6) is 0. The first-order chi connectivity index (χ1) is 9.38. The molecule has 0 fully saturated rings. The molecular formula is C12H6S7. The van der Waals surface area contributed by atoms with Crippen LogP contribution in [-0.4, -0.2) is 0 Å². The lowest BCUT2D eigenvalue weighted by Crippen LogP contribution is -1.69. The summed E-state index contributed by atoms with van der Waals surface area (Å²) in [6, 6.07) is 4.28. The summed E-state index contributed by atoms with van der Waals surface area (Å²) in [6.45, 7) is 0. The lowest BCUT2D eigenvalue weighted by atomic mass is 10.5. The number of hydrogen-bond donors (Lipinski definition) is 0. The van der Waals surface area contributed by atoms with E-state index in [-0.39, 0.29) is 0 Å². The van der Waals surface area contributed by atoms with Gasteiger partial charge in [0.05, 0.1) is 21.2 Å². The van der Waals surface area contributed by atoms with Crippen LogP contribution in [0.4, 0.5) is 0 Å². The zero-order valence-corrected chi connectivity index (χ0v) is 15.0. The molecular weight excluding hydrogens is 369 g/mol. The van der Waals surface area contributed by atoms with E-state index in [0.717, 1.165) is 0 Å². The van der Waals surface area contributed by atoms with Crippen molar-refractivity contribution >= 4 is 88.0 Å². The molecule has 1 aromatic heterocycles. The zero-order valence-electron chi connectivity index (χ0n) is 9.32.